The van der Waals surface area contributed by atoms with Crippen molar-refractivity contribution in [3.63, 3.8) is 0 Å². The number of aliphatic carboxylic acids is 1. The number of pyridine rings is 1. The summed E-state index contributed by atoms with van der Waals surface area (Å²) < 4.78 is 5.21. The van der Waals surface area contributed by atoms with Crippen LogP contribution in [0.2, 0.25) is 0 Å². The number of aromatic nitrogens is 3. The van der Waals surface area contributed by atoms with Crippen LogP contribution in [0.1, 0.15) is 92.5 Å². The van der Waals surface area contributed by atoms with Crippen LogP contribution in [0.3, 0.4) is 0 Å². The van der Waals surface area contributed by atoms with Crippen molar-refractivity contribution in [1.82, 2.24) is 15.0 Å². The first-order chi connectivity index (χ1) is 16.5. The van der Waals surface area contributed by atoms with Crippen molar-refractivity contribution in [1.29, 1.82) is 0 Å². The second-order valence-electron chi connectivity index (χ2n) is 9.24. The van der Waals surface area contributed by atoms with Crippen molar-refractivity contribution < 1.29 is 19.4 Å². The molecular weight excluding hydrogens is 432 g/mol. The van der Waals surface area contributed by atoms with Crippen LogP contribution in [0, 0.1) is 0 Å². The molecule has 182 valence electrons. The van der Waals surface area contributed by atoms with Gasteiger partial charge in [0.2, 0.25) is 0 Å². The van der Waals surface area contributed by atoms with E-state index in [-0.39, 0.29) is 24.6 Å². The Bertz CT molecular complexity index is 1000. The summed E-state index contributed by atoms with van der Waals surface area (Å²) in [5.41, 5.74) is 4.43. The number of nitrogens with one attached hydrogen (secondary N) is 1. The molecule has 2 aliphatic rings. The maximum Gasteiger partial charge on any atom is 0.316 e. The number of carboxylic acids is 1. The van der Waals surface area contributed by atoms with Gasteiger partial charge in [-0.1, -0.05) is 6.07 Å². The molecule has 0 saturated heterocycles. The van der Waals surface area contributed by atoms with Crippen LogP contribution in [0.25, 0.3) is 0 Å². The van der Waals surface area contributed by atoms with Gasteiger partial charge in [0, 0.05) is 43.0 Å². The van der Waals surface area contributed by atoms with Crippen molar-refractivity contribution in [2.75, 3.05) is 18.5 Å². The van der Waals surface area contributed by atoms with E-state index in [0.717, 1.165) is 44.5 Å². The van der Waals surface area contributed by atoms with Gasteiger partial charge in [0.1, 0.15) is 11.6 Å². The fourth-order valence-corrected chi connectivity index (χ4v) is 4.58. The number of rotatable bonds is 13. The van der Waals surface area contributed by atoms with Crippen molar-refractivity contribution >= 4 is 17.6 Å². The fourth-order valence-electron chi connectivity index (χ4n) is 4.58. The van der Waals surface area contributed by atoms with E-state index in [1.807, 2.05) is 6.92 Å². The number of hydrogen-bond acceptors (Lipinski definition) is 7. The van der Waals surface area contributed by atoms with Gasteiger partial charge in [0.15, 0.2) is 0 Å². The minimum absolute atomic E-state index is 0.0978. The summed E-state index contributed by atoms with van der Waals surface area (Å²) in [7, 11) is 0. The van der Waals surface area contributed by atoms with Gasteiger partial charge >= 0.3 is 12.0 Å². The molecular formula is C26H34N4O4. The summed E-state index contributed by atoms with van der Waals surface area (Å²) in [6.07, 6.45) is 11.2. The molecule has 4 rings (SSSR count). The van der Waals surface area contributed by atoms with E-state index in [4.69, 9.17) is 9.72 Å². The lowest BCUT2D eigenvalue weighted by atomic mass is 9.94. The summed E-state index contributed by atoms with van der Waals surface area (Å²) >= 11 is 0. The first-order valence-electron chi connectivity index (χ1n) is 12.5. The van der Waals surface area contributed by atoms with Crippen molar-refractivity contribution in [2.45, 2.75) is 83.0 Å². The van der Waals surface area contributed by atoms with E-state index in [9.17, 15) is 14.7 Å². The molecule has 3 heterocycles. The van der Waals surface area contributed by atoms with Crippen LogP contribution in [-0.4, -0.2) is 45.0 Å². The third-order valence-corrected chi connectivity index (χ3v) is 6.60. The third kappa shape index (κ3) is 6.30. The van der Waals surface area contributed by atoms with Gasteiger partial charge in [-0.15, -0.1) is 0 Å². The number of fused-ring (bicyclic) bond motifs is 1. The predicted molar refractivity (Wildman–Crippen MR) is 128 cm³/mol. The number of unbranched alkanes of at least 4 members (excludes halogenated alkanes) is 1. The van der Waals surface area contributed by atoms with Crippen LogP contribution >= 0.6 is 0 Å². The van der Waals surface area contributed by atoms with Crippen LogP contribution < -0.4 is 10.1 Å². The van der Waals surface area contributed by atoms with Crippen LogP contribution in [0.4, 0.5) is 5.82 Å². The Kier molecular flexibility index (Phi) is 8.08. The van der Waals surface area contributed by atoms with E-state index < -0.39 is 11.9 Å². The van der Waals surface area contributed by atoms with Crippen LogP contribution in [0.15, 0.2) is 18.5 Å². The molecule has 1 aliphatic heterocycles. The average Bonchev–Trinajstić information content (AvgIpc) is 3.68. The zero-order valence-electron chi connectivity index (χ0n) is 19.9. The highest BCUT2D eigenvalue weighted by Crippen LogP contribution is 2.43. The quantitative estimate of drug-likeness (QED) is 0.417. The molecule has 2 N–H and O–H groups in total. The minimum Gasteiger partial charge on any atom is -0.481 e. The lowest BCUT2D eigenvalue weighted by molar-refractivity contribution is -0.139. The van der Waals surface area contributed by atoms with Crippen LogP contribution in [-0.2, 0) is 22.4 Å². The SMILES string of the molecule is CCOc1ncc([C@H](CCC(=O)CCCCc2nc3c(cc2C2CC2)CCCN3)C(=O)O)cn1. The summed E-state index contributed by atoms with van der Waals surface area (Å²) in [6, 6.07) is 2.59. The second kappa shape index (κ2) is 11.4. The van der Waals surface area contributed by atoms with E-state index in [2.05, 4.69) is 21.4 Å². The summed E-state index contributed by atoms with van der Waals surface area (Å²) in [5, 5.41) is 13.0. The van der Waals surface area contributed by atoms with Gasteiger partial charge in [0.05, 0.1) is 12.5 Å². The maximum atomic E-state index is 12.5. The Hall–Kier alpha value is -3.03. The number of aryl methyl sites for hydroxylation is 2. The molecule has 8 nitrogen and oxygen atoms in total. The molecule has 1 atom stereocenters. The largest absolute Gasteiger partial charge is 0.481 e. The van der Waals surface area contributed by atoms with E-state index >= 15 is 0 Å². The third-order valence-electron chi connectivity index (χ3n) is 6.60. The molecule has 1 fully saturated rings. The number of carbonyl (C=O) groups is 2. The zero-order chi connectivity index (χ0) is 23.9. The Morgan fingerprint density at radius 1 is 1.21 bits per heavy atom. The highest BCUT2D eigenvalue weighted by atomic mass is 16.5. The highest BCUT2D eigenvalue weighted by molar-refractivity contribution is 5.80. The van der Waals surface area contributed by atoms with Gasteiger partial charge in [0.25, 0.3) is 0 Å². The fraction of sp³-hybridized carbons (Fsp3) is 0.577. The smallest absolute Gasteiger partial charge is 0.316 e. The molecule has 0 spiro atoms. The number of nitrogens with zero attached hydrogens (tertiary/aromatic N) is 3. The van der Waals surface area contributed by atoms with Gasteiger partial charge in [-0.3, -0.25) is 9.59 Å². The normalized spacial score (nSPS) is 15.8. The van der Waals surface area contributed by atoms with Gasteiger partial charge < -0.3 is 15.2 Å². The van der Waals surface area contributed by atoms with Crippen molar-refractivity contribution in [2.24, 2.45) is 0 Å². The topological polar surface area (TPSA) is 114 Å². The summed E-state index contributed by atoms with van der Waals surface area (Å²) in [5.74, 6) is 0.0318. The molecule has 0 amide bonds. The Balaban J connectivity index is 1.24. The second-order valence-corrected chi connectivity index (χ2v) is 9.24. The molecule has 2 aromatic heterocycles. The molecule has 8 heteroatoms. The number of carboxylic acid groups (broad SMARTS) is 1. The zero-order valence-corrected chi connectivity index (χ0v) is 19.9. The monoisotopic (exact) mass is 466 g/mol. The van der Waals surface area contributed by atoms with Gasteiger partial charge in [-0.25, -0.2) is 15.0 Å². The molecule has 0 aromatic carbocycles. The van der Waals surface area contributed by atoms with Gasteiger partial charge in [-0.05, 0) is 75.3 Å². The molecule has 0 unspecified atom stereocenters. The van der Waals surface area contributed by atoms with E-state index in [0.29, 0.717) is 24.5 Å². The number of carbonyl (C=O) groups excluding carboxylic acids is 1. The van der Waals surface area contributed by atoms with E-state index in [1.54, 1.807) is 0 Å². The van der Waals surface area contributed by atoms with Gasteiger partial charge in [-0.2, -0.15) is 0 Å². The highest BCUT2D eigenvalue weighted by Gasteiger charge is 2.28. The number of Topliss-reactive ketones (excluding diaryl/α,β-unsaturated/α-hetero) is 1. The first-order valence-corrected chi connectivity index (χ1v) is 12.5. The van der Waals surface area contributed by atoms with Crippen LogP contribution in [0.5, 0.6) is 6.01 Å². The summed E-state index contributed by atoms with van der Waals surface area (Å²) in [4.78, 5) is 37.2. The lowest BCUT2D eigenvalue weighted by Crippen LogP contribution is -2.15. The molecule has 0 radical (unpaired) electrons. The minimum atomic E-state index is -0.972. The summed E-state index contributed by atoms with van der Waals surface area (Å²) in [6.45, 7) is 3.25. The number of hydrogen-bond donors (Lipinski definition) is 2. The Morgan fingerprint density at radius 3 is 2.71 bits per heavy atom. The number of anilines is 1. The maximum absolute atomic E-state index is 12.5. The van der Waals surface area contributed by atoms with E-state index in [1.165, 1.54) is 42.1 Å². The molecule has 2 aromatic rings. The molecule has 1 saturated carbocycles. The Morgan fingerprint density at radius 2 is 2.00 bits per heavy atom. The van der Waals surface area contributed by atoms with Crippen molar-refractivity contribution in [3.05, 3.63) is 40.8 Å². The molecule has 34 heavy (non-hydrogen) atoms. The van der Waals surface area contributed by atoms with Crippen molar-refractivity contribution in [3.8, 4) is 6.01 Å². The number of ketones is 1. The first kappa shape index (κ1) is 24.1. The molecule has 1 aliphatic carbocycles. The number of ether oxygens (including phenoxy) is 1. The lowest BCUT2D eigenvalue weighted by Gasteiger charge is -2.20. The standard InChI is InChI=1S/C26H34N4O4/c1-2-34-26-28-15-19(16-29-26)21(25(32)33)12-11-20(31)7-3-4-8-23-22(17-9-10-17)14-18-6-5-13-27-24(18)30-23/h14-17,21H,2-13H2,1H3,(H,27,30)(H,32,33)/t21-/m0/s1. The average molecular weight is 467 g/mol. The molecule has 0 bridgehead atoms. The predicted octanol–water partition coefficient (Wildman–Crippen LogP) is 4.44. The Labute approximate surface area is 200 Å².